The molecule has 2 aromatic heterocycles. The van der Waals surface area contributed by atoms with Crippen LogP contribution >= 0.6 is 0 Å². The monoisotopic (exact) mass is 587 g/mol. The number of rotatable bonds is 7. The van der Waals surface area contributed by atoms with E-state index in [0.29, 0.717) is 42.4 Å². The fourth-order valence-corrected chi connectivity index (χ4v) is 5.07. The van der Waals surface area contributed by atoms with Crippen molar-refractivity contribution in [1.82, 2.24) is 29.7 Å². The molecule has 5 rings (SSSR count). The van der Waals surface area contributed by atoms with Gasteiger partial charge in [0.2, 0.25) is 0 Å². The van der Waals surface area contributed by atoms with Crippen LogP contribution in [0.2, 0.25) is 0 Å². The van der Waals surface area contributed by atoms with Crippen LogP contribution in [0, 0.1) is 6.92 Å². The van der Waals surface area contributed by atoms with Crippen LogP contribution in [0.4, 0.5) is 16.3 Å². The second-order valence-electron chi connectivity index (χ2n) is 11.9. The zero-order valence-corrected chi connectivity index (χ0v) is 25.0. The van der Waals surface area contributed by atoms with E-state index >= 15 is 0 Å². The van der Waals surface area contributed by atoms with Crippen molar-refractivity contribution in [3.63, 3.8) is 0 Å². The zero-order chi connectivity index (χ0) is 30.8. The van der Waals surface area contributed by atoms with Crippen LogP contribution in [0.25, 0.3) is 11.0 Å². The number of aryl methyl sites for hydroxylation is 2. The smallest absolute Gasteiger partial charge is 0.410 e. The number of anilines is 2. The second kappa shape index (κ2) is 11.9. The fourth-order valence-electron chi connectivity index (χ4n) is 5.07. The molecule has 2 aromatic carbocycles. The lowest BCUT2D eigenvalue weighted by Crippen LogP contribution is -2.62. The molecule has 1 atom stereocenters. The molecule has 1 fully saturated rings. The summed E-state index contributed by atoms with van der Waals surface area (Å²) < 4.78 is 13.6. The van der Waals surface area contributed by atoms with E-state index < -0.39 is 23.1 Å². The van der Waals surface area contributed by atoms with E-state index in [2.05, 4.69) is 25.6 Å². The van der Waals surface area contributed by atoms with Crippen molar-refractivity contribution in [2.45, 2.75) is 51.7 Å². The van der Waals surface area contributed by atoms with Crippen molar-refractivity contribution in [3.05, 3.63) is 66.4 Å². The summed E-state index contributed by atoms with van der Waals surface area (Å²) in [6.07, 6.45) is 5.15. The quantitative estimate of drug-likeness (QED) is 0.280. The first kappa shape index (κ1) is 29.8. The topological polar surface area (TPSA) is 144 Å². The summed E-state index contributed by atoms with van der Waals surface area (Å²) >= 11 is 0. The van der Waals surface area contributed by atoms with Crippen molar-refractivity contribution in [2.24, 2.45) is 7.05 Å². The molecular weight excluding hydrogens is 550 g/mol. The average Bonchev–Trinajstić information content (AvgIpc) is 3.33. The lowest BCUT2D eigenvalue weighted by atomic mass is 9.89. The number of carbonyl (C=O) groups excluding carboxylic acids is 2. The van der Waals surface area contributed by atoms with Gasteiger partial charge in [-0.3, -0.25) is 4.79 Å². The summed E-state index contributed by atoms with van der Waals surface area (Å²) in [5.74, 6) is 1.19. The molecule has 1 aliphatic heterocycles. The first-order valence-corrected chi connectivity index (χ1v) is 14.1. The fraction of sp³-hybridized carbons (Fsp3) is 0.387. The minimum Gasteiger partial charge on any atom is -0.457 e. The Hall–Kier alpha value is -4.71. The van der Waals surface area contributed by atoms with Crippen LogP contribution in [0.3, 0.4) is 0 Å². The highest BCUT2D eigenvalue weighted by molar-refractivity contribution is 5.99. The van der Waals surface area contributed by atoms with Gasteiger partial charge in [-0.15, -0.1) is 0 Å². The Bertz CT molecular complexity index is 1650. The SMILES string of the molecule is Cc1cc(Nc2ncncc2C(=O)NC2(CO)CCCN(C(=O)OC(C)(C)C)C2)ccc1Oc1ccc2c(c1)ncn2C. The molecule has 226 valence electrons. The number of aliphatic hydroxyl groups excluding tert-OH is 1. The van der Waals surface area contributed by atoms with E-state index in [9.17, 15) is 14.7 Å². The predicted molar refractivity (Wildman–Crippen MR) is 162 cm³/mol. The number of fused-ring (bicyclic) bond motifs is 1. The van der Waals surface area contributed by atoms with E-state index in [-0.39, 0.29) is 18.7 Å². The van der Waals surface area contributed by atoms with Gasteiger partial charge in [0.15, 0.2) is 0 Å². The first-order chi connectivity index (χ1) is 20.4. The normalized spacial score (nSPS) is 17.0. The predicted octanol–water partition coefficient (Wildman–Crippen LogP) is 4.70. The van der Waals surface area contributed by atoms with Gasteiger partial charge >= 0.3 is 6.09 Å². The number of hydrogen-bond acceptors (Lipinski definition) is 9. The van der Waals surface area contributed by atoms with Crippen LogP contribution in [0.5, 0.6) is 11.5 Å². The van der Waals surface area contributed by atoms with E-state index in [1.54, 1.807) is 27.1 Å². The van der Waals surface area contributed by atoms with E-state index in [1.807, 2.05) is 54.9 Å². The van der Waals surface area contributed by atoms with Crippen molar-refractivity contribution in [3.8, 4) is 11.5 Å². The number of aliphatic hydroxyl groups is 1. The standard InChI is InChI=1S/C31H37N7O5/c1-20-13-21(7-10-26(20)42-22-8-9-25-24(14-22)34-19-37(25)5)35-27-23(15-32-18-33-27)28(40)36-31(17-39)11-6-12-38(16-31)29(41)43-30(2,3)4/h7-10,13-15,18-19,39H,6,11-12,16-17H2,1-5H3,(H,36,40)(H,32,33,35). The first-order valence-electron chi connectivity index (χ1n) is 14.1. The zero-order valence-electron chi connectivity index (χ0n) is 25.0. The number of ether oxygens (including phenoxy) is 2. The summed E-state index contributed by atoms with van der Waals surface area (Å²) in [7, 11) is 1.94. The maximum atomic E-state index is 13.5. The third-order valence-corrected chi connectivity index (χ3v) is 7.23. The minimum atomic E-state index is -1.03. The molecule has 1 aliphatic rings. The molecule has 12 nitrogen and oxygen atoms in total. The summed E-state index contributed by atoms with van der Waals surface area (Å²) in [5, 5.41) is 16.5. The molecule has 0 saturated carbocycles. The number of piperidine rings is 1. The lowest BCUT2D eigenvalue weighted by molar-refractivity contribution is 0.00374. The van der Waals surface area contributed by atoms with Gasteiger partial charge < -0.3 is 34.7 Å². The molecule has 0 bridgehead atoms. The van der Waals surface area contributed by atoms with Gasteiger partial charge in [-0.05, 0) is 76.4 Å². The van der Waals surface area contributed by atoms with E-state index in [1.165, 1.54) is 17.4 Å². The summed E-state index contributed by atoms with van der Waals surface area (Å²) in [5.41, 5.74) is 1.94. The number of hydrogen-bond donors (Lipinski definition) is 3. The average molecular weight is 588 g/mol. The molecule has 2 amide bonds. The molecule has 0 spiro atoms. The lowest BCUT2D eigenvalue weighted by Gasteiger charge is -2.42. The number of imidazole rings is 1. The molecular formula is C31H37N7O5. The number of benzene rings is 2. The second-order valence-corrected chi connectivity index (χ2v) is 11.9. The maximum Gasteiger partial charge on any atom is 0.410 e. The Morgan fingerprint density at radius 3 is 2.70 bits per heavy atom. The number of amides is 2. The Balaban J connectivity index is 1.29. The molecule has 3 N–H and O–H groups in total. The number of aromatic nitrogens is 4. The number of carbonyl (C=O) groups is 2. The highest BCUT2D eigenvalue weighted by Gasteiger charge is 2.40. The molecule has 0 radical (unpaired) electrons. The van der Waals surface area contributed by atoms with Crippen molar-refractivity contribution >= 4 is 34.5 Å². The van der Waals surface area contributed by atoms with Gasteiger partial charge in [0.25, 0.3) is 5.91 Å². The van der Waals surface area contributed by atoms with Gasteiger partial charge in [0, 0.05) is 38.1 Å². The van der Waals surface area contributed by atoms with Crippen molar-refractivity contribution < 1.29 is 24.2 Å². The molecule has 1 unspecified atom stereocenters. The van der Waals surface area contributed by atoms with Crippen LogP contribution < -0.4 is 15.4 Å². The molecule has 3 heterocycles. The van der Waals surface area contributed by atoms with Gasteiger partial charge in [-0.2, -0.15) is 0 Å². The minimum absolute atomic E-state index is 0.120. The van der Waals surface area contributed by atoms with Crippen LogP contribution in [0.15, 0.2) is 55.2 Å². The van der Waals surface area contributed by atoms with Crippen molar-refractivity contribution in [1.29, 1.82) is 0 Å². The summed E-state index contributed by atoms with van der Waals surface area (Å²) in [6.45, 7) is 7.57. The van der Waals surface area contributed by atoms with E-state index in [0.717, 1.165) is 16.6 Å². The molecule has 4 aromatic rings. The summed E-state index contributed by atoms with van der Waals surface area (Å²) in [4.78, 5) is 40.5. The van der Waals surface area contributed by atoms with Gasteiger partial charge in [-0.25, -0.2) is 19.7 Å². The van der Waals surface area contributed by atoms with E-state index in [4.69, 9.17) is 9.47 Å². The van der Waals surface area contributed by atoms with Crippen LogP contribution in [-0.4, -0.2) is 72.4 Å². The number of nitrogens with zero attached hydrogens (tertiary/aromatic N) is 5. The van der Waals surface area contributed by atoms with Crippen LogP contribution in [-0.2, 0) is 11.8 Å². The van der Waals surface area contributed by atoms with Gasteiger partial charge in [-0.1, -0.05) is 0 Å². The summed E-state index contributed by atoms with van der Waals surface area (Å²) in [6, 6.07) is 11.3. The Morgan fingerprint density at radius 2 is 1.95 bits per heavy atom. The number of likely N-dealkylation sites (tertiary alicyclic amines) is 1. The molecule has 0 aliphatic carbocycles. The Labute approximate surface area is 250 Å². The number of nitrogens with one attached hydrogen (secondary N) is 2. The highest BCUT2D eigenvalue weighted by atomic mass is 16.6. The third kappa shape index (κ3) is 6.86. The maximum absolute atomic E-state index is 13.5. The molecule has 1 saturated heterocycles. The Kier molecular flexibility index (Phi) is 8.23. The largest absolute Gasteiger partial charge is 0.457 e. The van der Waals surface area contributed by atoms with Gasteiger partial charge in [0.1, 0.15) is 34.8 Å². The molecule has 12 heteroatoms. The van der Waals surface area contributed by atoms with Gasteiger partial charge in [0.05, 0.1) is 29.5 Å². The third-order valence-electron chi connectivity index (χ3n) is 7.23. The van der Waals surface area contributed by atoms with Crippen LogP contribution in [0.1, 0.15) is 49.5 Å². The highest BCUT2D eigenvalue weighted by Crippen LogP contribution is 2.31. The Morgan fingerprint density at radius 1 is 1.14 bits per heavy atom. The molecule has 43 heavy (non-hydrogen) atoms. The van der Waals surface area contributed by atoms with Crippen molar-refractivity contribution in [2.75, 3.05) is 25.0 Å².